The zero-order valence-electron chi connectivity index (χ0n) is 24.3. The maximum atomic E-state index is 13.8. The Kier molecular flexibility index (Phi) is 7.46. The van der Waals surface area contributed by atoms with Crippen molar-refractivity contribution >= 4 is 23.4 Å². The molecule has 12 unspecified atom stereocenters. The zero-order valence-corrected chi connectivity index (χ0v) is 24.3. The lowest BCUT2D eigenvalue weighted by molar-refractivity contribution is -0.145. The van der Waals surface area contributed by atoms with Gasteiger partial charge in [0, 0.05) is 42.7 Å². The maximum absolute atomic E-state index is 13.8. The van der Waals surface area contributed by atoms with Crippen LogP contribution in [0.1, 0.15) is 86.5 Å². The van der Waals surface area contributed by atoms with E-state index in [2.05, 4.69) is 6.92 Å². The number of carbonyl (C=O) groups is 4. The van der Waals surface area contributed by atoms with Crippen LogP contribution >= 0.6 is 0 Å². The minimum atomic E-state index is -0.390. The summed E-state index contributed by atoms with van der Waals surface area (Å²) in [5, 5.41) is 9.42. The molecule has 1 saturated heterocycles. The van der Waals surface area contributed by atoms with Crippen LogP contribution in [-0.2, 0) is 19.2 Å². The van der Waals surface area contributed by atoms with Crippen molar-refractivity contribution in [2.45, 2.75) is 86.5 Å². The highest BCUT2D eigenvalue weighted by Gasteiger charge is 2.66. The molecule has 0 aromatic rings. The van der Waals surface area contributed by atoms with E-state index in [1.807, 2.05) is 34.6 Å². The summed E-state index contributed by atoms with van der Waals surface area (Å²) in [6.07, 6.45) is 5.91. The highest BCUT2D eigenvalue weighted by molar-refractivity contribution is 6.05. The van der Waals surface area contributed by atoms with Gasteiger partial charge in [-0.2, -0.15) is 0 Å². The van der Waals surface area contributed by atoms with E-state index in [0.29, 0.717) is 41.9 Å². The third-order valence-corrected chi connectivity index (χ3v) is 11.8. The number of aliphatic hydroxyl groups excluding tert-OH is 1. The number of rotatable bonds is 8. The van der Waals surface area contributed by atoms with Gasteiger partial charge in [-0.05, 0) is 85.9 Å². The van der Waals surface area contributed by atoms with Crippen LogP contribution in [0, 0.1) is 76.4 Å². The molecule has 0 aromatic heterocycles. The Balaban J connectivity index is 1.51. The van der Waals surface area contributed by atoms with Gasteiger partial charge < -0.3 is 5.11 Å². The molecule has 6 heteroatoms. The molecule has 1 aliphatic heterocycles. The van der Waals surface area contributed by atoms with E-state index < -0.39 is 5.41 Å². The Bertz CT molecular complexity index is 981. The SMILES string of the molecule is CCCN1C(=O)C(C)C(C2C3CC(C(=O)C(C)(C)C)C(C3)C2C2C3CCC(C(C(=O)CCO)C3)C2C)C1=O. The van der Waals surface area contributed by atoms with E-state index in [1.54, 1.807) is 0 Å². The first-order valence-electron chi connectivity index (χ1n) is 15.4. The van der Waals surface area contributed by atoms with Gasteiger partial charge in [-0.1, -0.05) is 41.5 Å². The molecule has 1 heterocycles. The quantitative estimate of drug-likeness (QED) is 0.459. The summed E-state index contributed by atoms with van der Waals surface area (Å²) in [6, 6.07) is 0. The molecular formula is C32H49NO5. The molecule has 6 nitrogen and oxygen atoms in total. The standard InChI is InChI=1S/C32H49NO5/c1-7-11-33-30(37)17(3)26(31(33)38)27-19-14-22(23(15-19)29(36)32(4,5)6)28(27)25-16(2)20-9-8-18(25)13-21(20)24(35)10-12-34/h16-23,25-28,34H,7-15H2,1-6H3. The van der Waals surface area contributed by atoms with E-state index in [4.69, 9.17) is 0 Å². The molecule has 212 valence electrons. The van der Waals surface area contributed by atoms with Gasteiger partial charge in [-0.15, -0.1) is 0 Å². The van der Waals surface area contributed by atoms with Gasteiger partial charge in [0.15, 0.2) is 0 Å². The van der Waals surface area contributed by atoms with Crippen molar-refractivity contribution in [2.75, 3.05) is 13.2 Å². The van der Waals surface area contributed by atoms with E-state index in [0.717, 1.165) is 38.5 Å². The highest BCUT2D eigenvalue weighted by atomic mass is 16.3. The van der Waals surface area contributed by atoms with Crippen molar-refractivity contribution in [3.8, 4) is 0 Å². The van der Waals surface area contributed by atoms with E-state index >= 15 is 0 Å². The van der Waals surface area contributed by atoms with Crippen molar-refractivity contribution in [3.05, 3.63) is 0 Å². The number of ketones is 2. The first kappa shape index (κ1) is 28.0. The van der Waals surface area contributed by atoms with Crippen molar-refractivity contribution in [2.24, 2.45) is 76.4 Å². The lowest BCUT2D eigenvalue weighted by atomic mass is 9.47. The molecule has 0 aromatic carbocycles. The minimum Gasteiger partial charge on any atom is -0.396 e. The van der Waals surface area contributed by atoms with E-state index in [1.165, 1.54) is 4.90 Å². The van der Waals surface area contributed by atoms with Gasteiger partial charge in [0.1, 0.15) is 11.6 Å². The van der Waals surface area contributed by atoms with Crippen LogP contribution in [0.4, 0.5) is 0 Å². The molecular weight excluding hydrogens is 478 g/mol. The van der Waals surface area contributed by atoms with Crippen molar-refractivity contribution < 1.29 is 24.3 Å². The van der Waals surface area contributed by atoms with Crippen molar-refractivity contribution in [1.82, 2.24) is 4.90 Å². The Hall–Kier alpha value is -1.56. The molecule has 6 aliphatic rings. The zero-order chi connectivity index (χ0) is 27.7. The summed E-state index contributed by atoms with van der Waals surface area (Å²) in [4.78, 5) is 55.2. The Morgan fingerprint density at radius 1 is 0.895 bits per heavy atom. The summed E-state index contributed by atoms with van der Waals surface area (Å²) in [7, 11) is 0. The van der Waals surface area contributed by atoms with Crippen LogP contribution in [0.5, 0.6) is 0 Å². The molecule has 6 fully saturated rings. The molecule has 0 spiro atoms. The number of carbonyl (C=O) groups excluding carboxylic acids is 4. The second kappa shape index (κ2) is 10.1. The van der Waals surface area contributed by atoms with Gasteiger partial charge in [0.05, 0.1) is 5.92 Å². The predicted molar refractivity (Wildman–Crippen MR) is 144 cm³/mol. The lowest BCUT2D eigenvalue weighted by Crippen LogP contribution is -2.54. The number of fused-ring (bicyclic) bond motifs is 5. The largest absolute Gasteiger partial charge is 0.396 e. The fourth-order valence-electron chi connectivity index (χ4n) is 10.5. The van der Waals surface area contributed by atoms with Gasteiger partial charge in [-0.3, -0.25) is 24.1 Å². The molecule has 38 heavy (non-hydrogen) atoms. The lowest BCUT2D eigenvalue weighted by Gasteiger charge is -2.57. The number of aliphatic hydroxyl groups is 1. The minimum absolute atomic E-state index is 0.0152. The predicted octanol–water partition coefficient (Wildman–Crippen LogP) is 4.77. The van der Waals surface area contributed by atoms with E-state index in [-0.39, 0.29) is 72.1 Å². The highest BCUT2D eigenvalue weighted by Crippen LogP contribution is 2.67. The van der Waals surface area contributed by atoms with Crippen LogP contribution < -0.4 is 0 Å². The molecule has 5 saturated carbocycles. The molecule has 1 N–H and O–H groups in total. The average molecular weight is 528 g/mol. The van der Waals surface area contributed by atoms with Gasteiger partial charge >= 0.3 is 0 Å². The van der Waals surface area contributed by atoms with E-state index in [9.17, 15) is 24.3 Å². The van der Waals surface area contributed by atoms with Crippen molar-refractivity contribution in [1.29, 1.82) is 0 Å². The summed E-state index contributed by atoms with van der Waals surface area (Å²) in [6.45, 7) is 12.8. The van der Waals surface area contributed by atoms with Gasteiger partial charge in [0.2, 0.25) is 11.8 Å². The summed E-state index contributed by atoms with van der Waals surface area (Å²) in [5.41, 5.74) is -0.390. The Morgan fingerprint density at radius 3 is 2.18 bits per heavy atom. The molecule has 5 aliphatic carbocycles. The summed E-state index contributed by atoms with van der Waals surface area (Å²) >= 11 is 0. The number of likely N-dealkylation sites (tertiary alicyclic amines) is 1. The first-order valence-corrected chi connectivity index (χ1v) is 15.4. The van der Waals surface area contributed by atoms with Crippen molar-refractivity contribution in [3.63, 3.8) is 0 Å². The smallest absolute Gasteiger partial charge is 0.233 e. The molecule has 6 rings (SSSR count). The fraction of sp³-hybridized carbons (Fsp3) is 0.875. The molecule has 0 radical (unpaired) electrons. The average Bonchev–Trinajstić information content (AvgIpc) is 3.50. The third-order valence-electron chi connectivity index (χ3n) is 11.8. The molecule has 4 bridgehead atoms. The summed E-state index contributed by atoms with van der Waals surface area (Å²) < 4.78 is 0. The third kappa shape index (κ3) is 4.23. The van der Waals surface area contributed by atoms with Gasteiger partial charge in [0.25, 0.3) is 0 Å². The summed E-state index contributed by atoms with van der Waals surface area (Å²) in [5.74, 6) is 2.51. The normalized spacial score (nSPS) is 44.3. The van der Waals surface area contributed by atoms with Crippen LogP contribution in [0.3, 0.4) is 0 Å². The van der Waals surface area contributed by atoms with Crippen LogP contribution in [-0.4, -0.2) is 46.5 Å². The molecule has 12 atom stereocenters. The van der Waals surface area contributed by atoms with Crippen LogP contribution in [0.25, 0.3) is 0 Å². The Labute approximate surface area is 228 Å². The fourth-order valence-corrected chi connectivity index (χ4v) is 10.5. The number of Topliss-reactive ketones (excluding diaryl/α,β-unsaturated/α-hetero) is 2. The number of amides is 2. The second-order valence-corrected chi connectivity index (χ2v) is 14.6. The maximum Gasteiger partial charge on any atom is 0.233 e. The number of hydrogen-bond donors (Lipinski definition) is 1. The van der Waals surface area contributed by atoms with Crippen LogP contribution in [0.2, 0.25) is 0 Å². The number of hydrogen-bond acceptors (Lipinski definition) is 5. The second-order valence-electron chi connectivity index (χ2n) is 14.6. The molecule has 2 amide bonds. The Morgan fingerprint density at radius 2 is 1.58 bits per heavy atom. The monoisotopic (exact) mass is 527 g/mol. The number of imide groups is 1. The topological polar surface area (TPSA) is 91.8 Å². The van der Waals surface area contributed by atoms with Gasteiger partial charge in [-0.25, -0.2) is 0 Å². The number of nitrogens with zero attached hydrogens (tertiary/aromatic N) is 1. The van der Waals surface area contributed by atoms with Crippen LogP contribution in [0.15, 0.2) is 0 Å². The first-order chi connectivity index (χ1) is 17.9.